The minimum Gasteiger partial charge on any atom is -0.479 e. The van der Waals surface area contributed by atoms with Crippen LogP contribution in [0.4, 0.5) is 10.5 Å². The summed E-state index contributed by atoms with van der Waals surface area (Å²) in [4.78, 5) is 36.9. The van der Waals surface area contributed by atoms with E-state index in [4.69, 9.17) is 9.47 Å². The van der Waals surface area contributed by atoms with E-state index < -0.39 is 23.5 Å². The number of aliphatic carboxylic acids is 1. The summed E-state index contributed by atoms with van der Waals surface area (Å²) in [6.45, 7) is 0.336. The third-order valence-electron chi connectivity index (χ3n) is 6.50. The molecule has 2 aliphatic rings. The molecule has 0 aromatic heterocycles. The number of carboxylic acid groups (broad SMARTS) is 1. The molecule has 3 aromatic carbocycles. The molecule has 1 saturated heterocycles. The van der Waals surface area contributed by atoms with Gasteiger partial charge in [0.05, 0.1) is 6.61 Å². The van der Waals surface area contributed by atoms with E-state index in [1.54, 1.807) is 18.2 Å². The van der Waals surface area contributed by atoms with Gasteiger partial charge >= 0.3 is 12.1 Å². The molecule has 1 unspecified atom stereocenters. The highest BCUT2D eigenvalue weighted by atomic mass is 16.5. The van der Waals surface area contributed by atoms with Crippen molar-refractivity contribution in [3.63, 3.8) is 0 Å². The van der Waals surface area contributed by atoms with E-state index in [2.05, 4.69) is 22.8 Å². The molecule has 8 heteroatoms. The van der Waals surface area contributed by atoms with Gasteiger partial charge in [0.1, 0.15) is 6.61 Å². The van der Waals surface area contributed by atoms with Crippen molar-refractivity contribution in [2.75, 3.05) is 25.1 Å². The Hall–Kier alpha value is -4.17. The largest absolute Gasteiger partial charge is 0.479 e. The second-order valence-electron chi connectivity index (χ2n) is 8.68. The van der Waals surface area contributed by atoms with Gasteiger partial charge in [0.25, 0.3) is 5.91 Å². The fourth-order valence-corrected chi connectivity index (χ4v) is 4.67. The molecular formula is C27H24N2O6. The standard InChI is InChI=1S/C27H24N2O6/c30-24(29-27(25(31)32)12-13-34-16-27)17-6-5-7-18(14-17)28-26(33)35-15-23-21-10-3-1-8-19(21)20-9-2-4-11-22(20)23/h1-11,14,23H,12-13,15-16H2,(H,28,33)(H,29,30)(H,31,32). The molecule has 1 fully saturated rings. The number of fused-ring (bicyclic) bond motifs is 3. The third kappa shape index (κ3) is 4.36. The van der Waals surface area contributed by atoms with Gasteiger partial charge in [-0.15, -0.1) is 0 Å². The third-order valence-corrected chi connectivity index (χ3v) is 6.50. The molecule has 1 atom stereocenters. The quantitative estimate of drug-likeness (QED) is 0.499. The lowest BCUT2D eigenvalue weighted by Crippen LogP contribution is -2.55. The predicted molar refractivity (Wildman–Crippen MR) is 128 cm³/mol. The van der Waals surface area contributed by atoms with Crippen LogP contribution in [-0.2, 0) is 14.3 Å². The molecule has 178 valence electrons. The molecule has 1 aliphatic heterocycles. The Labute approximate surface area is 201 Å². The maximum absolute atomic E-state index is 12.7. The highest BCUT2D eigenvalue weighted by Crippen LogP contribution is 2.44. The molecule has 8 nitrogen and oxygen atoms in total. The molecule has 0 bridgehead atoms. The Balaban J connectivity index is 1.24. The molecular weight excluding hydrogens is 448 g/mol. The van der Waals surface area contributed by atoms with E-state index in [-0.39, 0.29) is 37.7 Å². The first-order chi connectivity index (χ1) is 17.0. The number of rotatable bonds is 6. The van der Waals surface area contributed by atoms with Crippen molar-refractivity contribution in [3.05, 3.63) is 89.5 Å². The van der Waals surface area contributed by atoms with Gasteiger partial charge in [-0.25, -0.2) is 9.59 Å². The van der Waals surface area contributed by atoms with Gasteiger partial charge in [-0.1, -0.05) is 54.6 Å². The molecule has 1 heterocycles. The second-order valence-corrected chi connectivity index (χ2v) is 8.68. The van der Waals surface area contributed by atoms with Crippen molar-refractivity contribution >= 4 is 23.7 Å². The Morgan fingerprint density at radius 1 is 0.971 bits per heavy atom. The first kappa shape index (κ1) is 22.6. The second kappa shape index (κ2) is 9.23. The molecule has 0 spiro atoms. The minimum atomic E-state index is -1.45. The fourth-order valence-electron chi connectivity index (χ4n) is 4.67. The lowest BCUT2D eigenvalue weighted by molar-refractivity contribution is -0.144. The van der Waals surface area contributed by atoms with E-state index in [1.807, 2.05) is 36.4 Å². The number of carboxylic acids is 1. The van der Waals surface area contributed by atoms with E-state index in [9.17, 15) is 19.5 Å². The molecule has 1 aliphatic carbocycles. The van der Waals surface area contributed by atoms with Crippen molar-refractivity contribution in [2.45, 2.75) is 17.9 Å². The highest BCUT2D eigenvalue weighted by Gasteiger charge is 2.44. The van der Waals surface area contributed by atoms with E-state index >= 15 is 0 Å². The molecule has 5 rings (SSSR count). The van der Waals surface area contributed by atoms with Crippen LogP contribution >= 0.6 is 0 Å². The summed E-state index contributed by atoms with van der Waals surface area (Å²) in [5.74, 6) is -1.77. The van der Waals surface area contributed by atoms with Crippen LogP contribution in [0.3, 0.4) is 0 Å². The number of benzene rings is 3. The molecule has 2 amide bonds. The first-order valence-corrected chi connectivity index (χ1v) is 11.3. The van der Waals surface area contributed by atoms with Gasteiger partial charge < -0.3 is 19.9 Å². The molecule has 0 radical (unpaired) electrons. The molecule has 3 N–H and O–H groups in total. The van der Waals surface area contributed by atoms with Crippen LogP contribution in [0.2, 0.25) is 0 Å². The van der Waals surface area contributed by atoms with Gasteiger partial charge in [-0.05, 0) is 40.5 Å². The van der Waals surface area contributed by atoms with E-state index in [0.29, 0.717) is 5.69 Å². The van der Waals surface area contributed by atoms with Gasteiger partial charge in [-0.2, -0.15) is 0 Å². The summed E-state index contributed by atoms with van der Waals surface area (Å²) in [5.41, 5.74) is 3.64. The van der Waals surface area contributed by atoms with Crippen molar-refractivity contribution in [2.24, 2.45) is 0 Å². The maximum atomic E-state index is 12.7. The maximum Gasteiger partial charge on any atom is 0.411 e. The van der Waals surface area contributed by atoms with Crippen molar-refractivity contribution in [3.8, 4) is 11.1 Å². The summed E-state index contributed by atoms with van der Waals surface area (Å²) >= 11 is 0. The minimum absolute atomic E-state index is 0.0638. The van der Waals surface area contributed by atoms with Crippen LogP contribution in [0, 0.1) is 0 Å². The number of hydrogen-bond donors (Lipinski definition) is 3. The Kier molecular flexibility index (Phi) is 5.96. The smallest absolute Gasteiger partial charge is 0.411 e. The zero-order valence-electron chi connectivity index (χ0n) is 18.8. The van der Waals surface area contributed by atoms with Gasteiger partial charge in [0, 0.05) is 30.2 Å². The molecule has 0 saturated carbocycles. The fraction of sp³-hybridized carbons (Fsp3) is 0.222. The zero-order chi connectivity index (χ0) is 24.4. The van der Waals surface area contributed by atoms with Crippen LogP contribution in [0.1, 0.15) is 33.8 Å². The highest BCUT2D eigenvalue weighted by molar-refractivity contribution is 5.99. The van der Waals surface area contributed by atoms with Crippen LogP contribution in [0.15, 0.2) is 72.8 Å². The summed E-state index contributed by atoms with van der Waals surface area (Å²) in [6.07, 6.45) is -0.457. The number of ether oxygens (including phenoxy) is 2. The average Bonchev–Trinajstić information content (AvgIpc) is 3.47. The van der Waals surface area contributed by atoms with Gasteiger partial charge in [0.15, 0.2) is 5.54 Å². The number of hydrogen-bond acceptors (Lipinski definition) is 5. The normalized spacial score (nSPS) is 18.4. The number of anilines is 1. The van der Waals surface area contributed by atoms with Crippen LogP contribution in [0.5, 0.6) is 0 Å². The molecule has 3 aromatic rings. The SMILES string of the molecule is O=C(Nc1cccc(C(=O)NC2(C(=O)O)CCOC2)c1)OCC1c2ccccc2-c2ccccc21. The number of amides is 2. The summed E-state index contributed by atoms with van der Waals surface area (Å²) < 4.78 is 10.7. The Morgan fingerprint density at radius 2 is 1.66 bits per heavy atom. The van der Waals surface area contributed by atoms with Crippen molar-refractivity contribution in [1.82, 2.24) is 5.32 Å². The monoisotopic (exact) mass is 472 g/mol. The summed E-state index contributed by atoms with van der Waals surface area (Å²) in [5, 5.41) is 14.8. The van der Waals surface area contributed by atoms with Crippen molar-refractivity contribution in [1.29, 1.82) is 0 Å². The zero-order valence-corrected chi connectivity index (χ0v) is 18.8. The van der Waals surface area contributed by atoms with Crippen LogP contribution in [-0.4, -0.2) is 48.4 Å². The summed E-state index contributed by atoms with van der Waals surface area (Å²) in [6, 6.07) is 22.4. The predicted octanol–water partition coefficient (Wildman–Crippen LogP) is 4.02. The number of carbonyl (C=O) groups excluding carboxylic acids is 2. The first-order valence-electron chi connectivity index (χ1n) is 11.3. The van der Waals surface area contributed by atoms with Gasteiger partial charge in [0.2, 0.25) is 0 Å². The lowest BCUT2D eigenvalue weighted by atomic mass is 9.98. The number of nitrogens with one attached hydrogen (secondary N) is 2. The van der Waals surface area contributed by atoms with Crippen molar-refractivity contribution < 1.29 is 29.0 Å². The Morgan fingerprint density at radius 3 is 2.29 bits per heavy atom. The lowest BCUT2D eigenvalue weighted by Gasteiger charge is -2.23. The van der Waals surface area contributed by atoms with E-state index in [1.165, 1.54) is 6.07 Å². The van der Waals surface area contributed by atoms with E-state index in [0.717, 1.165) is 22.3 Å². The molecule has 35 heavy (non-hydrogen) atoms. The summed E-state index contributed by atoms with van der Waals surface area (Å²) in [7, 11) is 0. The van der Waals surface area contributed by atoms with Crippen LogP contribution < -0.4 is 10.6 Å². The average molecular weight is 472 g/mol. The number of carbonyl (C=O) groups is 3. The topological polar surface area (TPSA) is 114 Å². The van der Waals surface area contributed by atoms with Gasteiger partial charge in [-0.3, -0.25) is 10.1 Å². The Bertz CT molecular complexity index is 1250. The van der Waals surface area contributed by atoms with Crippen LogP contribution in [0.25, 0.3) is 11.1 Å².